The van der Waals surface area contributed by atoms with Crippen molar-refractivity contribution < 1.29 is 22.3 Å². The van der Waals surface area contributed by atoms with Crippen molar-refractivity contribution >= 4 is 10.9 Å². The first kappa shape index (κ1) is 21.8. The molecule has 0 saturated heterocycles. The van der Waals surface area contributed by atoms with E-state index in [2.05, 4.69) is 5.32 Å². The van der Waals surface area contributed by atoms with Crippen molar-refractivity contribution in [3.05, 3.63) is 95.3 Å². The van der Waals surface area contributed by atoms with Crippen molar-refractivity contribution in [3.63, 3.8) is 0 Å². The Labute approximate surface area is 182 Å². The summed E-state index contributed by atoms with van der Waals surface area (Å²) in [5.41, 5.74) is 2.36. The Kier molecular flexibility index (Phi) is 6.10. The lowest BCUT2D eigenvalue weighted by Crippen LogP contribution is -2.14. The summed E-state index contributed by atoms with van der Waals surface area (Å²) in [6.07, 6.45) is -4.36. The van der Waals surface area contributed by atoms with Gasteiger partial charge in [0.1, 0.15) is 11.6 Å². The van der Waals surface area contributed by atoms with E-state index in [1.165, 1.54) is 18.2 Å². The zero-order chi connectivity index (χ0) is 22.7. The Morgan fingerprint density at radius 3 is 2.34 bits per heavy atom. The van der Waals surface area contributed by atoms with Crippen molar-refractivity contribution in [2.45, 2.75) is 19.3 Å². The highest BCUT2D eigenvalue weighted by Gasteiger charge is 2.29. The molecule has 0 unspecified atom stereocenters. The number of halogens is 4. The molecule has 1 heterocycles. The van der Waals surface area contributed by atoms with Crippen LogP contribution in [-0.4, -0.2) is 12.1 Å². The van der Waals surface area contributed by atoms with Crippen molar-refractivity contribution in [1.29, 1.82) is 0 Å². The highest BCUT2D eigenvalue weighted by molar-refractivity contribution is 5.84. The van der Waals surface area contributed by atoms with Crippen LogP contribution in [-0.2, 0) is 19.3 Å². The minimum absolute atomic E-state index is 0.357. The first-order valence-electron chi connectivity index (χ1n) is 9.94. The molecule has 0 aliphatic carbocycles. The molecule has 0 spiro atoms. The molecule has 0 radical (unpaired) electrons. The summed E-state index contributed by atoms with van der Waals surface area (Å²) < 4.78 is 58.0. The van der Waals surface area contributed by atoms with E-state index in [1.54, 1.807) is 31.4 Å². The lowest BCUT2D eigenvalue weighted by molar-refractivity contribution is -0.137. The van der Waals surface area contributed by atoms with Gasteiger partial charge >= 0.3 is 6.18 Å². The van der Waals surface area contributed by atoms with Gasteiger partial charge in [0.05, 0.1) is 23.9 Å². The van der Waals surface area contributed by atoms with E-state index in [0.29, 0.717) is 41.2 Å². The van der Waals surface area contributed by atoms with Gasteiger partial charge in [-0.3, -0.25) is 0 Å². The standard InChI is InChI=1S/C25H20F4N2O/c1-32-20-11-8-17-12-18(15-30-14-16-6-9-19(10-7-16)25(27,28)29)24(31-23(17)13-20)21-4-2-3-5-22(21)26/h2-13,30H,14-15H2,1H3. The van der Waals surface area contributed by atoms with Crippen LogP contribution in [0.4, 0.5) is 17.6 Å². The number of nitrogens with one attached hydrogen (secondary N) is 1. The maximum atomic E-state index is 14.5. The molecule has 0 amide bonds. The van der Waals surface area contributed by atoms with Crippen molar-refractivity contribution in [3.8, 4) is 17.0 Å². The normalized spacial score (nSPS) is 11.7. The second kappa shape index (κ2) is 8.96. The molecule has 0 bridgehead atoms. The molecular weight excluding hydrogens is 420 g/mol. The van der Waals surface area contributed by atoms with Crippen LogP contribution < -0.4 is 10.1 Å². The molecule has 3 aromatic carbocycles. The fraction of sp³-hybridized carbons (Fsp3) is 0.160. The van der Waals surface area contributed by atoms with Crippen LogP contribution in [0.3, 0.4) is 0 Å². The zero-order valence-corrected chi connectivity index (χ0v) is 17.2. The van der Waals surface area contributed by atoms with Gasteiger partial charge in [0.15, 0.2) is 0 Å². The molecule has 1 aromatic heterocycles. The largest absolute Gasteiger partial charge is 0.497 e. The number of hydrogen-bond donors (Lipinski definition) is 1. The van der Waals surface area contributed by atoms with Crippen LogP contribution in [0, 0.1) is 5.82 Å². The number of alkyl halides is 3. The third-order valence-electron chi connectivity index (χ3n) is 5.16. The molecule has 0 fully saturated rings. The predicted octanol–water partition coefficient (Wildman–Crippen LogP) is 6.36. The van der Waals surface area contributed by atoms with Gasteiger partial charge in [-0.05, 0) is 53.6 Å². The fourth-order valence-electron chi connectivity index (χ4n) is 3.49. The van der Waals surface area contributed by atoms with Crippen molar-refractivity contribution in [1.82, 2.24) is 10.3 Å². The number of pyridine rings is 1. The summed E-state index contributed by atoms with van der Waals surface area (Å²) >= 11 is 0. The highest BCUT2D eigenvalue weighted by atomic mass is 19.4. The molecule has 0 atom stereocenters. The van der Waals surface area contributed by atoms with Crippen LogP contribution in [0.15, 0.2) is 72.8 Å². The Balaban J connectivity index is 1.62. The summed E-state index contributed by atoms with van der Waals surface area (Å²) in [6, 6.07) is 18.9. The average Bonchev–Trinajstić information content (AvgIpc) is 2.78. The summed E-state index contributed by atoms with van der Waals surface area (Å²) in [5, 5.41) is 4.10. The van der Waals surface area contributed by atoms with E-state index < -0.39 is 11.7 Å². The fourth-order valence-corrected chi connectivity index (χ4v) is 3.49. The number of aromatic nitrogens is 1. The third-order valence-corrected chi connectivity index (χ3v) is 5.16. The molecule has 164 valence electrons. The lowest BCUT2D eigenvalue weighted by Gasteiger charge is -2.14. The second-order valence-corrected chi connectivity index (χ2v) is 7.33. The summed E-state index contributed by atoms with van der Waals surface area (Å²) in [6.45, 7) is 0.717. The number of rotatable bonds is 6. The quantitative estimate of drug-likeness (QED) is 0.355. The topological polar surface area (TPSA) is 34.1 Å². The summed E-state index contributed by atoms with van der Waals surface area (Å²) in [7, 11) is 1.57. The molecule has 1 N–H and O–H groups in total. The van der Waals surface area contributed by atoms with Gasteiger partial charge in [0.25, 0.3) is 0 Å². The maximum Gasteiger partial charge on any atom is 0.416 e. The Bertz CT molecular complexity index is 1240. The zero-order valence-electron chi connectivity index (χ0n) is 17.2. The van der Waals surface area contributed by atoms with Gasteiger partial charge in [0.2, 0.25) is 0 Å². The highest BCUT2D eigenvalue weighted by Crippen LogP contribution is 2.30. The van der Waals surface area contributed by atoms with E-state index in [1.807, 2.05) is 18.2 Å². The van der Waals surface area contributed by atoms with E-state index in [4.69, 9.17) is 9.72 Å². The SMILES string of the molecule is COc1ccc2cc(CNCc3ccc(C(F)(F)F)cc3)c(-c3ccccc3F)nc2c1. The lowest BCUT2D eigenvalue weighted by atomic mass is 10.0. The van der Waals surface area contributed by atoms with Crippen molar-refractivity contribution in [2.24, 2.45) is 0 Å². The van der Waals surface area contributed by atoms with Crippen LogP contribution in [0.5, 0.6) is 5.75 Å². The Hall–Kier alpha value is -3.45. The molecule has 32 heavy (non-hydrogen) atoms. The monoisotopic (exact) mass is 440 g/mol. The molecule has 3 nitrogen and oxygen atoms in total. The molecule has 4 aromatic rings. The number of nitrogens with zero attached hydrogens (tertiary/aromatic N) is 1. The summed E-state index contributed by atoms with van der Waals surface area (Å²) in [5.74, 6) is 0.267. The first-order chi connectivity index (χ1) is 15.3. The number of benzene rings is 3. The number of ether oxygens (including phenoxy) is 1. The minimum atomic E-state index is -4.36. The summed E-state index contributed by atoms with van der Waals surface area (Å²) in [4.78, 5) is 4.69. The van der Waals surface area contributed by atoms with E-state index in [-0.39, 0.29) is 5.82 Å². The average molecular weight is 440 g/mol. The van der Waals surface area contributed by atoms with Crippen LogP contribution in [0.2, 0.25) is 0 Å². The third kappa shape index (κ3) is 4.73. The van der Waals surface area contributed by atoms with Gasteiger partial charge < -0.3 is 10.1 Å². The second-order valence-electron chi connectivity index (χ2n) is 7.33. The van der Waals surface area contributed by atoms with Crippen LogP contribution in [0.1, 0.15) is 16.7 Å². The number of hydrogen-bond acceptors (Lipinski definition) is 3. The Morgan fingerprint density at radius 2 is 1.66 bits per heavy atom. The minimum Gasteiger partial charge on any atom is -0.497 e. The van der Waals surface area contributed by atoms with Gasteiger partial charge in [-0.15, -0.1) is 0 Å². The van der Waals surface area contributed by atoms with Gasteiger partial charge in [-0.1, -0.05) is 24.3 Å². The van der Waals surface area contributed by atoms with Gasteiger partial charge in [-0.2, -0.15) is 13.2 Å². The molecule has 0 aliphatic rings. The number of methoxy groups -OCH3 is 1. The predicted molar refractivity (Wildman–Crippen MR) is 116 cm³/mol. The molecular formula is C25H20F4N2O. The van der Waals surface area contributed by atoms with Crippen LogP contribution >= 0.6 is 0 Å². The van der Waals surface area contributed by atoms with Crippen LogP contribution in [0.25, 0.3) is 22.2 Å². The molecule has 4 rings (SSSR count). The first-order valence-corrected chi connectivity index (χ1v) is 9.94. The van der Waals surface area contributed by atoms with Gasteiger partial charge in [0, 0.05) is 30.1 Å². The van der Waals surface area contributed by atoms with E-state index in [9.17, 15) is 17.6 Å². The van der Waals surface area contributed by atoms with E-state index in [0.717, 1.165) is 23.1 Å². The molecule has 7 heteroatoms. The van der Waals surface area contributed by atoms with Crippen molar-refractivity contribution in [2.75, 3.05) is 7.11 Å². The number of fused-ring (bicyclic) bond motifs is 1. The Morgan fingerprint density at radius 1 is 0.906 bits per heavy atom. The van der Waals surface area contributed by atoms with E-state index >= 15 is 0 Å². The maximum absolute atomic E-state index is 14.5. The van der Waals surface area contributed by atoms with Gasteiger partial charge in [-0.25, -0.2) is 9.37 Å². The smallest absolute Gasteiger partial charge is 0.416 e. The molecule has 0 aliphatic heterocycles. The molecule has 0 saturated carbocycles.